The summed E-state index contributed by atoms with van der Waals surface area (Å²) in [5, 5.41) is 8.89. The van der Waals surface area contributed by atoms with E-state index in [-0.39, 0.29) is 0 Å². The quantitative estimate of drug-likeness (QED) is 0.907. The van der Waals surface area contributed by atoms with Crippen molar-refractivity contribution in [2.24, 2.45) is 0 Å². The van der Waals surface area contributed by atoms with E-state index in [1.54, 1.807) is 0 Å². The van der Waals surface area contributed by atoms with Crippen LogP contribution in [0, 0.1) is 5.82 Å². The van der Waals surface area contributed by atoms with Gasteiger partial charge in [0, 0.05) is 16.7 Å². The molecule has 1 aromatic rings. The predicted molar refractivity (Wildman–Crippen MR) is 79.5 cm³/mol. The van der Waals surface area contributed by atoms with E-state index in [4.69, 9.17) is 5.11 Å². The van der Waals surface area contributed by atoms with Gasteiger partial charge >= 0.3 is 5.97 Å². The standard InChI is InChI=1S/C15H20FNO3S/c1-17-8-3-2-4-11(17)7-9-21(20)12-5-6-14(16)13(10-12)15(18)19/h5-6,10-11H,2-4,7-9H2,1H3,(H,18,19). The zero-order valence-corrected chi connectivity index (χ0v) is 12.9. The Bertz CT molecular complexity index is 550. The SMILES string of the molecule is CN1CCCCC1CCS(=O)c1ccc(F)c(C(=O)O)c1. The summed E-state index contributed by atoms with van der Waals surface area (Å²) < 4.78 is 25.6. The number of rotatable bonds is 5. The lowest BCUT2D eigenvalue weighted by Crippen LogP contribution is -2.37. The van der Waals surface area contributed by atoms with Gasteiger partial charge in [0.2, 0.25) is 0 Å². The van der Waals surface area contributed by atoms with Crippen LogP contribution >= 0.6 is 0 Å². The van der Waals surface area contributed by atoms with E-state index >= 15 is 0 Å². The molecule has 0 aliphatic carbocycles. The van der Waals surface area contributed by atoms with Crippen LogP contribution in [-0.4, -0.2) is 45.6 Å². The van der Waals surface area contributed by atoms with E-state index in [0.717, 1.165) is 25.5 Å². The van der Waals surface area contributed by atoms with Crippen molar-refractivity contribution in [1.82, 2.24) is 4.90 Å². The molecule has 0 saturated carbocycles. The number of piperidine rings is 1. The molecule has 0 amide bonds. The van der Waals surface area contributed by atoms with Crippen LogP contribution in [0.2, 0.25) is 0 Å². The molecule has 1 heterocycles. The molecule has 6 heteroatoms. The Balaban J connectivity index is 2.00. The van der Waals surface area contributed by atoms with Gasteiger partial charge in [-0.25, -0.2) is 9.18 Å². The first-order valence-electron chi connectivity index (χ1n) is 7.10. The summed E-state index contributed by atoms with van der Waals surface area (Å²) in [6, 6.07) is 4.09. The molecule has 2 rings (SSSR count). The number of nitrogens with zero attached hydrogens (tertiary/aromatic N) is 1. The highest BCUT2D eigenvalue weighted by Gasteiger charge is 2.20. The lowest BCUT2D eigenvalue weighted by atomic mass is 10.0. The Hall–Kier alpha value is -1.27. The topological polar surface area (TPSA) is 57.6 Å². The molecule has 1 fully saturated rings. The summed E-state index contributed by atoms with van der Waals surface area (Å²) in [5.41, 5.74) is -0.421. The largest absolute Gasteiger partial charge is 0.478 e. The smallest absolute Gasteiger partial charge is 0.338 e. The van der Waals surface area contributed by atoms with Crippen LogP contribution in [0.1, 0.15) is 36.0 Å². The summed E-state index contributed by atoms with van der Waals surface area (Å²) in [6.07, 6.45) is 4.32. The average molecular weight is 313 g/mol. The number of aromatic carboxylic acids is 1. The lowest BCUT2D eigenvalue weighted by molar-refractivity contribution is 0.0691. The van der Waals surface area contributed by atoms with Crippen molar-refractivity contribution in [2.75, 3.05) is 19.3 Å². The summed E-state index contributed by atoms with van der Waals surface area (Å²) in [6.45, 7) is 1.07. The Morgan fingerprint density at radius 2 is 2.24 bits per heavy atom. The summed E-state index contributed by atoms with van der Waals surface area (Å²) >= 11 is 0. The Morgan fingerprint density at radius 1 is 1.48 bits per heavy atom. The number of carboxylic acid groups (broad SMARTS) is 1. The molecule has 1 N–H and O–H groups in total. The molecule has 0 spiro atoms. The minimum atomic E-state index is -1.33. The number of hydrogen-bond donors (Lipinski definition) is 1. The van der Waals surface area contributed by atoms with Crippen LogP contribution in [-0.2, 0) is 10.8 Å². The number of hydrogen-bond acceptors (Lipinski definition) is 3. The minimum Gasteiger partial charge on any atom is -0.478 e. The third kappa shape index (κ3) is 4.11. The van der Waals surface area contributed by atoms with Gasteiger partial charge in [-0.3, -0.25) is 4.21 Å². The molecule has 0 radical (unpaired) electrons. The van der Waals surface area contributed by atoms with Crippen molar-refractivity contribution < 1.29 is 18.5 Å². The first-order chi connectivity index (χ1) is 9.99. The van der Waals surface area contributed by atoms with Gasteiger partial charge in [-0.2, -0.15) is 0 Å². The number of benzene rings is 1. The number of likely N-dealkylation sites (tertiary alicyclic amines) is 1. The van der Waals surface area contributed by atoms with Gasteiger partial charge in [-0.05, 0) is 51.1 Å². The highest BCUT2D eigenvalue weighted by Crippen LogP contribution is 2.20. The van der Waals surface area contributed by atoms with Crippen LogP contribution in [0.4, 0.5) is 4.39 Å². The molecule has 1 aliphatic heterocycles. The Morgan fingerprint density at radius 3 is 2.90 bits per heavy atom. The fourth-order valence-corrected chi connectivity index (χ4v) is 3.87. The van der Waals surface area contributed by atoms with Crippen LogP contribution < -0.4 is 0 Å². The van der Waals surface area contributed by atoms with Crippen LogP contribution in [0.5, 0.6) is 0 Å². The van der Waals surface area contributed by atoms with E-state index in [0.29, 0.717) is 16.7 Å². The normalized spacial score (nSPS) is 21.1. The first-order valence-corrected chi connectivity index (χ1v) is 8.42. The third-order valence-corrected chi connectivity index (χ3v) is 5.38. The zero-order chi connectivity index (χ0) is 15.4. The third-order valence-electron chi connectivity index (χ3n) is 3.99. The molecular weight excluding hydrogens is 293 g/mol. The molecule has 1 aliphatic rings. The molecule has 116 valence electrons. The second-order valence-corrected chi connectivity index (χ2v) is 6.99. The predicted octanol–water partition coefficient (Wildman–Crippen LogP) is 2.51. The van der Waals surface area contributed by atoms with Gasteiger partial charge in [0.25, 0.3) is 0 Å². The number of halogens is 1. The monoisotopic (exact) mass is 313 g/mol. The van der Waals surface area contributed by atoms with E-state index in [1.807, 2.05) is 0 Å². The van der Waals surface area contributed by atoms with Crippen molar-refractivity contribution >= 4 is 16.8 Å². The highest BCUT2D eigenvalue weighted by atomic mass is 32.2. The molecule has 0 aromatic heterocycles. The molecule has 2 unspecified atom stereocenters. The van der Waals surface area contributed by atoms with Gasteiger partial charge in [-0.15, -0.1) is 0 Å². The van der Waals surface area contributed by atoms with Gasteiger partial charge in [0.05, 0.1) is 16.4 Å². The van der Waals surface area contributed by atoms with Crippen LogP contribution in [0.3, 0.4) is 0 Å². The van der Waals surface area contributed by atoms with Gasteiger partial charge in [0.15, 0.2) is 0 Å². The molecule has 4 nitrogen and oxygen atoms in total. The lowest BCUT2D eigenvalue weighted by Gasteiger charge is -2.32. The van der Waals surface area contributed by atoms with Gasteiger partial charge in [0.1, 0.15) is 5.82 Å². The second-order valence-electron chi connectivity index (χ2n) is 5.42. The maximum atomic E-state index is 13.3. The van der Waals surface area contributed by atoms with Crippen molar-refractivity contribution in [3.05, 3.63) is 29.6 Å². The first kappa shape index (κ1) is 16.1. The average Bonchev–Trinajstić information content (AvgIpc) is 2.46. The zero-order valence-electron chi connectivity index (χ0n) is 12.0. The van der Waals surface area contributed by atoms with Gasteiger partial charge in [-0.1, -0.05) is 6.42 Å². The van der Waals surface area contributed by atoms with Crippen molar-refractivity contribution in [2.45, 2.75) is 36.6 Å². The fraction of sp³-hybridized carbons (Fsp3) is 0.533. The van der Waals surface area contributed by atoms with E-state index in [2.05, 4.69) is 11.9 Å². The van der Waals surface area contributed by atoms with Crippen molar-refractivity contribution in [1.29, 1.82) is 0 Å². The van der Waals surface area contributed by atoms with Crippen LogP contribution in [0.25, 0.3) is 0 Å². The summed E-state index contributed by atoms with van der Waals surface area (Å²) in [5.74, 6) is -1.66. The van der Waals surface area contributed by atoms with Crippen molar-refractivity contribution in [3.63, 3.8) is 0 Å². The van der Waals surface area contributed by atoms with E-state index < -0.39 is 28.1 Å². The molecule has 1 saturated heterocycles. The number of carbonyl (C=O) groups is 1. The second kappa shape index (κ2) is 7.13. The minimum absolute atomic E-state index is 0.382. The molecule has 1 aromatic carbocycles. The maximum absolute atomic E-state index is 13.3. The van der Waals surface area contributed by atoms with E-state index in [1.165, 1.54) is 25.0 Å². The molecular formula is C15H20FNO3S. The fourth-order valence-electron chi connectivity index (χ4n) is 2.68. The maximum Gasteiger partial charge on any atom is 0.338 e. The molecule has 21 heavy (non-hydrogen) atoms. The number of carboxylic acids is 1. The highest BCUT2D eigenvalue weighted by molar-refractivity contribution is 7.85. The van der Waals surface area contributed by atoms with E-state index in [9.17, 15) is 13.4 Å². The summed E-state index contributed by atoms with van der Waals surface area (Å²) in [7, 11) is 0.785. The van der Waals surface area contributed by atoms with Crippen LogP contribution in [0.15, 0.2) is 23.1 Å². The van der Waals surface area contributed by atoms with Crippen molar-refractivity contribution in [3.8, 4) is 0 Å². The molecule has 0 bridgehead atoms. The summed E-state index contributed by atoms with van der Waals surface area (Å²) in [4.78, 5) is 13.6. The Kier molecular flexibility index (Phi) is 5.47. The Labute approximate surface area is 126 Å². The van der Waals surface area contributed by atoms with Gasteiger partial charge < -0.3 is 10.0 Å². The molecule has 2 atom stereocenters.